The van der Waals surface area contributed by atoms with E-state index in [9.17, 15) is 4.79 Å². The summed E-state index contributed by atoms with van der Waals surface area (Å²) in [5, 5.41) is 3.00. The van der Waals surface area contributed by atoms with Gasteiger partial charge in [0.25, 0.3) is 0 Å². The molecule has 1 atom stereocenters. The Hall–Kier alpha value is -1.88. The SMILES string of the molecule is Cc1cc2nc(CCC(=O)NC3CCOC3)[nH]c2cc1C. The summed E-state index contributed by atoms with van der Waals surface area (Å²) in [6.07, 6.45) is 2.00. The number of aromatic amines is 1. The molecule has 1 aromatic carbocycles. The number of fused-ring (bicyclic) bond motifs is 1. The molecule has 21 heavy (non-hydrogen) atoms. The summed E-state index contributed by atoms with van der Waals surface area (Å²) in [6, 6.07) is 4.37. The second-order valence-corrected chi connectivity index (χ2v) is 5.77. The molecule has 1 unspecified atom stereocenters. The van der Waals surface area contributed by atoms with Gasteiger partial charge in [-0.05, 0) is 43.5 Å². The first kappa shape index (κ1) is 14.1. The molecule has 1 aliphatic heterocycles. The molecular weight excluding hydrogens is 266 g/mol. The maximum absolute atomic E-state index is 11.9. The lowest BCUT2D eigenvalue weighted by Crippen LogP contribution is -2.35. The predicted octanol–water partition coefficient (Wildman–Crippen LogP) is 2.02. The van der Waals surface area contributed by atoms with Crippen LogP contribution in [0.5, 0.6) is 0 Å². The molecule has 1 saturated heterocycles. The van der Waals surface area contributed by atoms with Crippen LogP contribution >= 0.6 is 0 Å². The minimum absolute atomic E-state index is 0.0679. The number of ether oxygens (including phenoxy) is 1. The largest absolute Gasteiger partial charge is 0.379 e. The van der Waals surface area contributed by atoms with Crippen molar-refractivity contribution in [1.29, 1.82) is 0 Å². The van der Waals surface area contributed by atoms with Crippen molar-refractivity contribution < 1.29 is 9.53 Å². The number of imidazole rings is 1. The number of carbonyl (C=O) groups is 1. The summed E-state index contributed by atoms with van der Waals surface area (Å²) in [6.45, 7) is 5.55. The Morgan fingerprint density at radius 1 is 1.43 bits per heavy atom. The number of nitrogens with one attached hydrogen (secondary N) is 2. The molecule has 2 heterocycles. The Kier molecular flexibility index (Phi) is 3.92. The molecule has 112 valence electrons. The number of aryl methyl sites for hydroxylation is 3. The number of H-pyrrole nitrogens is 1. The first-order valence-corrected chi connectivity index (χ1v) is 7.45. The van der Waals surface area contributed by atoms with Gasteiger partial charge in [-0.2, -0.15) is 0 Å². The molecule has 0 spiro atoms. The van der Waals surface area contributed by atoms with Gasteiger partial charge in [0, 0.05) is 19.4 Å². The Balaban J connectivity index is 1.61. The van der Waals surface area contributed by atoms with Crippen molar-refractivity contribution in [3.63, 3.8) is 0 Å². The van der Waals surface area contributed by atoms with Crippen LogP contribution in [0.4, 0.5) is 0 Å². The highest BCUT2D eigenvalue weighted by atomic mass is 16.5. The van der Waals surface area contributed by atoms with E-state index in [0.717, 1.165) is 29.9 Å². The van der Waals surface area contributed by atoms with Crippen molar-refractivity contribution in [1.82, 2.24) is 15.3 Å². The maximum atomic E-state index is 11.9. The lowest BCUT2D eigenvalue weighted by molar-refractivity contribution is -0.121. The third-order valence-corrected chi connectivity index (χ3v) is 4.03. The summed E-state index contributed by atoms with van der Waals surface area (Å²) in [5.74, 6) is 0.936. The first-order chi connectivity index (χ1) is 10.1. The fourth-order valence-corrected chi connectivity index (χ4v) is 2.62. The average molecular weight is 287 g/mol. The third-order valence-electron chi connectivity index (χ3n) is 4.03. The number of hydrogen-bond acceptors (Lipinski definition) is 3. The normalized spacial score (nSPS) is 18.3. The smallest absolute Gasteiger partial charge is 0.220 e. The van der Waals surface area contributed by atoms with Crippen LogP contribution in [-0.4, -0.2) is 35.1 Å². The summed E-state index contributed by atoms with van der Waals surface area (Å²) in [7, 11) is 0. The van der Waals surface area contributed by atoms with Crippen molar-refractivity contribution in [3.05, 3.63) is 29.1 Å². The fourth-order valence-electron chi connectivity index (χ4n) is 2.62. The molecule has 2 N–H and O–H groups in total. The van der Waals surface area contributed by atoms with Gasteiger partial charge in [-0.3, -0.25) is 4.79 Å². The molecule has 0 bridgehead atoms. The van der Waals surface area contributed by atoms with Gasteiger partial charge in [-0.25, -0.2) is 4.98 Å². The summed E-state index contributed by atoms with van der Waals surface area (Å²) in [5.41, 5.74) is 4.49. The van der Waals surface area contributed by atoms with Gasteiger partial charge in [0.1, 0.15) is 5.82 Å². The summed E-state index contributed by atoms with van der Waals surface area (Å²) < 4.78 is 5.25. The van der Waals surface area contributed by atoms with Gasteiger partial charge in [0.15, 0.2) is 0 Å². The molecule has 2 aromatic rings. The van der Waals surface area contributed by atoms with Crippen molar-refractivity contribution in [3.8, 4) is 0 Å². The molecule has 0 radical (unpaired) electrons. The van der Waals surface area contributed by atoms with E-state index >= 15 is 0 Å². The van der Waals surface area contributed by atoms with Gasteiger partial charge in [-0.1, -0.05) is 0 Å². The molecule has 0 aliphatic carbocycles. The van der Waals surface area contributed by atoms with Crippen molar-refractivity contribution in [2.24, 2.45) is 0 Å². The minimum atomic E-state index is 0.0679. The van der Waals surface area contributed by atoms with Crippen LogP contribution in [0.25, 0.3) is 11.0 Å². The summed E-state index contributed by atoms with van der Waals surface area (Å²) in [4.78, 5) is 19.7. The van der Waals surface area contributed by atoms with Gasteiger partial charge in [-0.15, -0.1) is 0 Å². The van der Waals surface area contributed by atoms with E-state index in [2.05, 4.69) is 41.3 Å². The quantitative estimate of drug-likeness (QED) is 0.904. The molecule has 3 rings (SSSR count). The topological polar surface area (TPSA) is 67.0 Å². The fraction of sp³-hybridized carbons (Fsp3) is 0.500. The monoisotopic (exact) mass is 287 g/mol. The van der Waals surface area contributed by atoms with E-state index in [1.165, 1.54) is 11.1 Å². The van der Waals surface area contributed by atoms with Crippen LogP contribution in [0.1, 0.15) is 29.8 Å². The van der Waals surface area contributed by atoms with E-state index in [1.54, 1.807) is 0 Å². The number of rotatable bonds is 4. The van der Waals surface area contributed by atoms with Gasteiger partial charge < -0.3 is 15.0 Å². The molecule has 1 fully saturated rings. The minimum Gasteiger partial charge on any atom is -0.379 e. The summed E-state index contributed by atoms with van der Waals surface area (Å²) >= 11 is 0. The van der Waals surface area contributed by atoms with Gasteiger partial charge in [0.05, 0.1) is 23.7 Å². The number of aromatic nitrogens is 2. The predicted molar refractivity (Wildman–Crippen MR) is 81.3 cm³/mol. The van der Waals surface area contributed by atoms with E-state index in [0.29, 0.717) is 19.4 Å². The highest BCUT2D eigenvalue weighted by molar-refractivity contribution is 5.78. The Morgan fingerprint density at radius 3 is 3.00 bits per heavy atom. The van der Waals surface area contributed by atoms with Crippen molar-refractivity contribution in [2.75, 3.05) is 13.2 Å². The van der Waals surface area contributed by atoms with E-state index in [4.69, 9.17) is 4.74 Å². The molecule has 1 aliphatic rings. The number of nitrogens with zero attached hydrogens (tertiary/aromatic N) is 1. The molecular formula is C16H21N3O2. The third kappa shape index (κ3) is 3.24. The van der Waals surface area contributed by atoms with E-state index < -0.39 is 0 Å². The standard InChI is InChI=1S/C16H21N3O2/c1-10-7-13-14(8-11(10)2)19-15(18-13)3-4-16(20)17-12-5-6-21-9-12/h7-8,12H,3-6,9H2,1-2H3,(H,17,20)(H,18,19). The Labute approximate surface area is 124 Å². The van der Waals surface area contributed by atoms with Crippen molar-refractivity contribution in [2.45, 2.75) is 39.2 Å². The Morgan fingerprint density at radius 2 is 2.24 bits per heavy atom. The Bertz CT molecular complexity index is 618. The molecule has 0 saturated carbocycles. The lowest BCUT2D eigenvalue weighted by Gasteiger charge is -2.09. The van der Waals surface area contributed by atoms with E-state index in [1.807, 2.05) is 0 Å². The van der Waals surface area contributed by atoms with Crippen LogP contribution < -0.4 is 5.32 Å². The number of carbonyl (C=O) groups excluding carboxylic acids is 1. The van der Waals surface area contributed by atoms with Crippen LogP contribution in [0.15, 0.2) is 12.1 Å². The second kappa shape index (κ2) is 5.85. The number of hydrogen-bond donors (Lipinski definition) is 2. The molecule has 5 nitrogen and oxygen atoms in total. The van der Waals surface area contributed by atoms with Crippen molar-refractivity contribution >= 4 is 16.9 Å². The molecule has 5 heteroatoms. The van der Waals surface area contributed by atoms with Crippen LogP contribution in [0.3, 0.4) is 0 Å². The first-order valence-electron chi connectivity index (χ1n) is 7.45. The zero-order chi connectivity index (χ0) is 14.8. The zero-order valence-corrected chi connectivity index (χ0v) is 12.5. The zero-order valence-electron chi connectivity index (χ0n) is 12.5. The lowest BCUT2D eigenvalue weighted by atomic mass is 10.1. The highest BCUT2D eigenvalue weighted by Gasteiger charge is 2.17. The molecule has 1 amide bonds. The number of amides is 1. The van der Waals surface area contributed by atoms with Gasteiger partial charge in [0.2, 0.25) is 5.91 Å². The maximum Gasteiger partial charge on any atom is 0.220 e. The average Bonchev–Trinajstić information content (AvgIpc) is 3.06. The van der Waals surface area contributed by atoms with Gasteiger partial charge >= 0.3 is 0 Å². The second-order valence-electron chi connectivity index (χ2n) is 5.77. The van der Waals surface area contributed by atoms with Crippen LogP contribution in [-0.2, 0) is 16.0 Å². The van der Waals surface area contributed by atoms with Crippen LogP contribution in [0, 0.1) is 13.8 Å². The molecule has 1 aromatic heterocycles. The number of benzene rings is 1. The highest BCUT2D eigenvalue weighted by Crippen LogP contribution is 2.17. The van der Waals surface area contributed by atoms with Crippen LogP contribution in [0.2, 0.25) is 0 Å². The van der Waals surface area contributed by atoms with E-state index in [-0.39, 0.29) is 11.9 Å².